The highest BCUT2D eigenvalue weighted by atomic mass is 35.5. The maximum atomic E-state index is 13.7. The van der Waals surface area contributed by atoms with Crippen molar-refractivity contribution in [3.8, 4) is 0 Å². The molecule has 2 heterocycles. The summed E-state index contributed by atoms with van der Waals surface area (Å²) < 4.78 is 25.8. The number of furan rings is 1. The van der Waals surface area contributed by atoms with Gasteiger partial charge in [-0.2, -0.15) is 5.10 Å². The van der Waals surface area contributed by atoms with Gasteiger partial charge in [0.2, 0.25) is 5.76 Å². The number of hydrogen-bond acceptors (Lipinski definition) is 5. The van der Waals surface area contributed by atoms with E-state index in [1.54, 1.807) is 29.2 Å². The molecule has 1 atom stereocenters. The number of carbonyl (C=O) groups excluding carboxylic acids is 2. The summed E-state index contributed by atoms with van der Waals surface area (Å²) in [5.41, 5.74) is -0.0631. The third-order valence-electron chi connectivity index (χ3n) is 3.58. The lowest BCUT2D eigenvalue weighted by Gasteiger charge is -2.13. The molecule has 0 fully saturated rings. The molecule has 7 nitrogen and oxygen atoms in total. The minimum absolute atomic E-state index is 0.0468. The van der Waals surface area contributed by atoms with Crippen LogP contribution < -0.4 is 5.32 Å². The summed E-state index contributed by atoms with van der Waals surface area (Å²) in [5, 5.41) is 6.58. The third kappa shape index (κ3) is 4.73. The first-order valence-electron chi connectivity index (χ1n) is 7.95. The number of nitrogens with one attached hydrogen (secondary N) is 1. The van der Waals surface area contributed by atoms with Gasteiger partial charge in [-0.15, -0.1) is 0 Å². The zero-order chi connectivity index (χ0) is 19.4. The summed E-state index contributed by atoms with van der Waals surface area (Å²) >= 11 is 5.66. The number of hydrogen-bond donors (Lipinski definition) is 1. The maximum absolute atomic E-state index is 13.7. The molecule has 0 saturated heterocycles. The van der Waals surface area contributed by atoms with Crippen LogP contribution in [0.2, 0.25) is 5.02 Å². The lowest BCUT2D eigenvalue weighted by atomic mass is 10.3. The van der Waals surface area contributed by atoms with Gasteiger partial charge in [-0.05, 0) is 43.3 Å². The van der Waals surface area contributed by atoms with E-state index in [0.29, 0.717) is 12.3 Å². The first-order chi connectivity index (χ1) is 12.9. The van der Waals surface area contributed by atoms with Crippen LogP contribution in [0, 0.1) is 5.82 Å². The molecular formula is C18H15ClFN3O4. The van der Waals surface area contributed by atoms with E-state index in [4.69, 9.17) is 20.8 Å². The fraction of sp³-hybridized carbons (Fsp3) is 0.167. The average molecular weight is 392 g/mol. The van der Waals surface area contributed by atoms with Gasteiger partial charge in [0, 0.05) is 17.4 Å². The second-order valence-electron chi connectivity index (χ2n) is 5.63. The number of halogens is 2. The van der Waals surface area contributed by atoms with Gasteiger partial charge in [0.15, 0.2) is 6.10 Å². The van der Waals surface area contributed by atoms with Crippen molar-refractivity contribution in [1.29, 1.82) is 0 Å². The number of nitrogens with zero attached hydrogens (tertiary/aromatic N) is 2. The number of rotatable bonds is 6. The molecule has 3 aromatic rings. The van der Waals surface area contributed by atoms with Gasteiger partial charge >= 0.3 is 5.97 Å². The Labute approximate surface area is 158 Å². The highest BCUT2D eigenvalue weighted by Gasteiger charge is 2.22. The highest BCUT2D eigenvalue weighted by Crippen LogP contribution is 2.19. The van der Waals surface area contributed by atoms with Crippen molar-refractivity contribution in [2.75, 3.05) is 5.32 Å². The summed E-state index contributed by atoms with van der Waals surface area (Å²) in [6.45, 7) is 1.72. The Morgan fingerprint density at radius 2 is 2.19 bits per heavy atom. The van der Waals surface area contributed by atoms with Crippen LogP contribution in [0.15, 0.2) is 53.2 Å². The Morgan fingerprint density at radius 1 is 1.37 bits per heavy atom. The van der Waals surface area contributed by atoms with E-state index in [-0.39, 0.29) is 16.5 Å². The normalized spacial score (nSPS) is 11.8. The molecule has 1 unspecified atom stereocenters. The average Bonchev–Trinajstić information content (AvgIpc) is 3.29. The molecule has 0 radical (unpaired) electrons. The Bertz CT molecular complexity index is 955. The fourth-order valence-corrected chi connectivity index (χ4v) is 2.38. The SMILES string of the molecule is CC(OC(=O)c1ccc(Cn2cccn2)o1)C(=O)Nc1ccc(Cl)cc1F. The third-order valence-corrected chi connectivity index (χ3v) is 3.82. The molecule has 140 valence electrons. The number of aromatic nitrogens is 2. The first kappa shape index (κ1) is 18.7. The van der Waals surface area contributed by atoms with Crippen LogP contribution in [-0.4, -0.2) is 27.8 Å². The summed E-state index contributed by atoms with van der Waals surface area (Å²) in [7, 11) is 0. The van der Waals surface area contributed by atoms with Crippen molar-refractivity contribution in [3.05, 3.63) is 71.2 Å². The van der Waals surface area contributed by atoms with Crippen molar-refractivity contribution in [3.63, 3.8) is 0 Å². The fourth-order valence-electron chi connectivity index (χ4n) is 2.22. The van der Waals surface area contributed by atoms with Crippen LogP contribution in [0.1, 0.15) is 23.2 Å². The molecule has 0 aliphatic rings. The zero-order valence-electron chi connectivity index (χ0n) is 14.2. The molecule has 1 amide bonds. The van der Waals surface area contributed by atoms with Crippen LogP contribution in [0.5, 0.6) is 0 Å². The van der Waals surface area contributed by atoms with E-state index < -0.39 is 23.8 Å². The van der Waals surface area contributed by atoms with E-state index in [9.17, 15) is 14.0 Å². The Kier molecular flexibility index (Phi) is 5.56. The predicted molar refractivity (Wildman–Crippen MR) is 95.0 cm³/mol. The Balaban J connectivity index is 1.58. The molecule has 0 aliphatic heterocycles. The largest absolute Gasteiger partial charge is 0.452 e. The van der Waals surface area contributed by atoms with Crippen molar-refractivity contribution < 1.29 is 23.1 Å². The minimum Gasteiger partial charge on any atom is -0.452 e. The van der Waals surface area contributed by atoms with E-state index in [0.717, 1.165) is 6.07 Å². The lowest BCUT2D eigenvalue weighted by Crippen LogP contribution is -2.30. The van der Waals surface area contributed by atoms with Gasteiger partial charge < -0.3 is 14.5 Å². The number of benzene rings is 1. The van der Waals surface area contributed by atoms with Crippen molar-refractivity contribution >= 4 is 29.2 Å². The van der Waals surface area contributed by atoms with Crippen molar-refractivity contribution in [2.24, 2.45) is 0 Å². The monoisotopic (exact) mass is 391 g/mol. The van der Waals surface area contributed by atoms with Gasteiger partial charge in [0.1, 0.15) is 11.6 Å². The highest BCUT2D eigenvalue weighted by molar-refractivity contribution is 6.30. The maximum Gasteiger partial charge on any atom is 0.375 e. The molecule has 2 aromatic heterocycles. The van der Waals surface area contributed by atoms with Crippen molar-refractivity contribution in [1.82, 2.24) is 9.78 Å². The smallest absolute Gasteiger partial charge is 0.375 e. The predicted octanol–water partition coefficient (Wildman–Crippen LogP) is 3.50. The number of esters is 1. The van der Waals surface area contributed by atoms with Gasteiger partial charge in [-0.25, -0.2) is 9.18 Å². The van der Waals surface area contributed by atoms with Crippen molar-refractivity contribution in [2.45, 2.75) is 19.6 Å². The van der Waals surface area contributed by atoms with E-state index in [2.05, 4.69) is 10.4 Å². The summed E-state index contributed by atoms with van der Waals surface area (Å²) in [4.78, 5) is 24.2. The molecule has 1 aromatic carbocycles. The van der Waals surface area contributed by atoms with E-state index >= 15 is 0 Å². The van der Waals surface area contributed by atoms with Crippen LogP contribution in [0.25, 0.3) is 0 Å². The van der Waals surface area contributed by atoms with E-state index in [1.165, 1.54) is 25.1 Å². The second-order valence-corrected chi connectivity index (χ2v) is 6.07. The van der Waals surface area contributed by atoms with Crippen LogP contribution in [-0.2, 0) is 16.1 Å². The number of ether oxygens (including phenoxy) is 1. The van der Waals surface area contributed by atoms with Gasteiger partial charge in [-0.3, -0.25) is 9.48 Å². The summed E-state index contributed by atoms with van der Waals surface area (Å²) in [6, 6.07) is 8.65. The molecular weight excluding hydrogens is 377 g/mol. The van der Waals surface area contributed by atoms with Gasteiger partial charge in [0.25, 0.3) is 5.91 Å². The summed E-state index contributed by atoms with van der Waals surface area (Å²) in [5.74, 6) is -1.72. The quantitative estimate of drug-likeness (QED) is 0.650. The van der Waals surface area contributed by atoms with Crippen LogP contribution >= 0.6 is 11.6 Å². The topological polar surface area (TPSA) is 86.4 Å². The zero-order valence-corrected chi connectivity index (χ0v) is 14.9. The molecule has 9 heteroatoms. The van der Waals surface area contributed by atoms with Gasteiger partial charge in [-0.1, -0.05) is 11.6 Å². The van der Waals surface area contributed by atoms with Crippen LogP contribution in [0.3, 0.4) is 0 Å². The Morgan fingerprint density at radius 3 is 2.89 bits per heavy atom. The Hall–Kier alpha value is -3.13. The molecule has 0 saturated carbocycles. The molecule has 0 bridgehead atoms. The number of amides is 1. The molecule has 0 spiro atoms. The minimum atomic E-state index is -1.16. The summed E-state index contributed by atoms with van der Waals surface area (Å²) in [6.07, 6.45) is 2.22. The van der Waals surface area contributed by atoms with E-state index in [1.807, 2.05) is 0 Å². The molecule has 0 aliphatic carbocycles. The van der Waals surface area contributed by atoms with Crippen LogP contribution in [0.4, 0.5) is 10.1 Å². The second kappa shape index (κ2) is 8.05. The molecule has 27 heavy (non-hydrogen) atoms. The first-order valence-corrected chi connectivity index (χ1v) is 8.33. The number of anilines is 1. The standard InChI is InChI=1S/C18H15ClFN3O4/c1-11(17(24)22-15-5-3-12(19)9-14(15)20)26-18(25)16-6-4-13(27-16)10-23-8-2-7-21-23/h2-9,11H,10H2,1H3,(H,22,24). The van der Waals surface area contributed by atoms with Gasteiger partial charge in [0.05, 0.1) is 12.2 Å². The molecule has 3 rings (SSSR count). The lowest BCUT2D eigenvalue weighted by molar-refractivity contribution is -0.123. The number of carbonyl (C=O) groups is 2. The molecule has 1 N–H and O–H groups in total.